The summed E-state index contributed by atoms with van der Waals surface area (Å²) in [6.45, 7) is 0.793. The van der Waals surface area contributed by atoms with Crippen LogP contribution in [0.3, 0.4) is 0 Å². The van der Waals surface area contributed by atoms with Gasteiger partial charge in [0.15, 0.2) is 5.65 Å². The lowest BCUT2D eigenvalue weighted by Crippen LogP contribution is -2.27. The second-order valence-corrected chi connectivity index (χ2v) is 5.29. The molecule has 0 aliphatic carbocycles. The van der Waals surface area contributed by atoms with E-state index < -0.39 is 5.82 Å². The predicted octanol–water partition coefficient (Wildman–Crippen LogP) is 2.15. The van der Waals surface area contributed by atoms with E-state index in [1.807, 2.05) is 0 Å². The summed E-state index contributed by atoms with van der Waals surface area (Å²) in [5, 5.41) is 7.54. The van der Waals surface area contributed by atoms with Crippen LogP contribution in [-0.4, -0.2) is 40.9 Å². The summed E-state index contributed by atoms with van der Waals surface area (Å²) in [6.07, 6.45) is 1.58. The Hall–Kier alpha value is -2.80. The van der Waals surface area contributed by atoms with Crippen LogP contribution in [0.1, 0.15) is 10.4 Å². The second-order valence-electron chi connectivity index (χ2n) is 5.29. The van der Waals surface area contributed by atoms with Crippen LogP contribution in [0.4, 0.5) is 4.39 Å². The molecule has 0 bridgehead atoms. The lowest BCUT2D eigenvalue weighted by Gasteiger charge is -2.09. The van der Waals surface area contributed by atoms with Crippen LogP contribution >= 0.6 is 0 Å². The molecule has 3 rings (SSSR count). The number of hydrogen-bond donors (Lipinski definition) is 1. The van der Waals surface area contributed by atoms with Gasteiger partial charge in [0.25, 0.3) is 5.91 Å². The van der Waals surface area contributed by atoms with E-state index in [1.54, 1.807) is 49.3 Å². The highest BCUT2D eigenvalue weighted by molar-refractivity contribution is 6.06. The molecule has 2 aromatic heterocycles. The van der Waals surface area contributed by atoms with Crippen LogP contribution in [0.15, 0.2) is 36.5 Å². The van der Waals surface area contributed by atoms with E-state index in [4.69, 9.17) is 4.74 Å². The van der Waals surface area contributed by atoms with Crippen LogP contribution in [0.2, 0.25) is 0 Å². The minimum Gasteiger partial charge on any atom is -0.383 e. The molecule has 0 aliphatic heterocycles. The van der Waals surface area contributed by atoms with Crippen molar-refractivity contribution in [1.29, 1.82) is 0 Å². The number of aromatic nitrogens is 3. The average Bonchev–Trinajstić information content (AvgIpc) is 2.96. The highest BCUT2D eigenvalue weighted by Gasteiger charge is 2.17. The van der Waals surface area contributed by atoms with Gasteiger partial charge >= 0.3 is 0 Å². The lowest BCUT2D eigenvalue weighted by molar-refractivity contribution is 0.0938. The van der Waals surface area contributed by atoms with Crippen molar-refractivity contribution in [3.8, 4) is 11.3 Å². The number of rotatable bonds is 5. The number of hydrogen-bond acceptors (Lipinski definition) is 4. The fraction of sp³-hybridized carbons (Fsp3) is 0.235. The zero-order chi connectivity index (χ0) is 17.1. The van der Waals surface area contributed by atoms with Gasteiger partial charge in [-0.2, -0.15) is 5.10 Å². The monoisotopic (exact) mass is 328 g/mol. The first kappa shape index (κ1) is 16.1. The molecule has 0 saturated heterocycles. The third kappa shape index (κ3) is 2.98. The van der Waals surface area contributed by atoms with Crippen LogP contribution < -0.4 is 5.32 Å². The molecule has 2 heterocycles. The SMILES string of the molecule is COCCNC(=O)c1cc(-c2ccccc2F)nc2c1cnn2C. The molecule has 0 atom stereocenters. The van der Waals surface area contributed by atoms with Gasteiger partial charge in [0.05, 0.1) is 29.4 Å². The van der Waals surface area contributed by atoms with Crippen molar-refractivity contribution in [3.63, 3.8) is 0 Å². The molecular formula is C17H17FN4O2. The molecule has 0 fully saturated rings. The van der Waals surface area contributed by atoms with Gasteiger partial charge in [0.2, 0.25) is 0 Å². The summed E-state index contributed by atoms with van der Waals surface area (Å²) < 4.78 is 20.6. The summed E-state index contributed by atoms with van der Waals surface area (Å²) in [5.41, 5.74) is 1.66. The van der Waals surface area contributed by atoms with E-state index >= 15 is 0 Å². The Morgan fingerprint density at radius 1 is 1.38 bits per heavy atom. The van der Waals surface area contributed by atoms with Crippen molar-refractivity contribution < 1.29 is 13.9 Å². The summed E-state index contributed by atoms with van der Waals surface area (Å²) >= 11 is 0. The molecule has 0 spiro atoms. The third-order valence-electron chi connectivity index (χ3n) is 3.69. The Morgan fingerprint density at radius 2 is 2.17 bits per heavy atom. The van der Waals surface area contributed by atoms with Crippen molar-refractivity contribution in [2.75, 3.05) is 20.3 Å². The molecule has 0 aliphatic rings. The number of benzene rings is 1. The zero-order valence-electron chi connectivity index (χ0n) is 13.4. The minimum absolute atomic E-state index is 0.273. The number of ether oxygens (including phenoxy) is 1. The molecule has 1 N–H and O–H groups in total. The summed E-state index contributed by atoms with van der Waals surface area (Å²) in [4.78, 5) is 16.9. The lowest BCUT2D eigenvalue weighted by atomic mass is 10.1. The quantitative estimate of drug-likeness (QED) is 0.729. The van der Waals surface area contributed by atoms with Gasteiger partial charge in [-0.15, -0.1) is 0 Å². The van der Waals surface area contributed by atoms with Crippen LogP contribution in [0.5, 0.6) is 0 Å². The molecule has 0 unspecified atom stereocenters. The van der Waals surface area contributed by atoms with Crippen molar-refractivity contribution in [2.45, 2.75) is 0 Å². The van der Waals surface area contributed by atoms with Gasteiger partial charge in [0, 0.05) is 26.3 Å². The maximum atomic E-state index is 14.1. The number of carbonyl (C=O) groups is 1. The van der Waals surface area contributed by atoms with E-state index in [9.17, 15) is 9.18 Å². The van der Waals surface area contributed by atoms with Gasteiger partial charge in [-0.1, -0.05) is 12.1 Å². The van der Waals surface area contributed by atoms with E-state index in [1.165, 1.54) is 6.07 Å². The largest absolute Gasteiger partial charge is 0.383 e. The number of pyridine rings is 1. The maximum Gasteiger partial charge on any atom is 0.252 e. The minimum atomic E-state index is -0.391. The number of halogens is 1. The topological polar surface area (TPSA) is 69.0 Å². The van der Waals surface area contributed by atoms with Crippen molar-refractivity contribution in [3.05, 3.63) is 47.9 Å². The van der Waals surface area contributed by atoms with Crippen molar-refractivity contribution >= 4 is 16.9 Å². The van der Waals surface area contributed by atoms with Gasteiger partial charge in [-0.3, -0.25) is 9.48 Å². The predicted molar refractivity (Wildman–Crippen MR) is 88.1 cm³/mol. The van der Waals surface area contributed by atoms with Gasteiger partial charge in [-0.05, 0) is 18.2 Å². The summed E-state index contributed by atoms with van der Waals surface area (Å²) in [7, 11) is 3.29. The highest BCUT2D eigenvalue weighted by atomic mass is 19.1. The molecule has 1 amide bonds. The van der Waals surface area contributed by atoms with Gasteiger partial charge in [-0.25, -0.2) is 9.37 Å². The number of fused-ring (bicyclic) bond motifs is 1. The molecule has 1 aromatic carbocycles. The Balaban J connectivity index is 2.11. The van der Waals surface area contributed by atoms with E-state index in [2.05, 4.69) is 15.4 Å². The molecule has 124 valence electrons. The molecule has 3 aromatic rings. The highest BCUT2D eigenvalue weighted by Crippen LogP contribution is 2.26. The van der Waals surface area contributed by atoms with Gasteiger partial charge in [0.1, 0.15) is 5.82 Å². The molecule has 7 heteroatoms. The first-order chi connectivity index (χ1) is 11.6. The molecule has 0 saturated carbocycles. The fourth-order valence-corrected chi connectivity index (χ4v) is 2.47. The Kier molecular flexibility index (Phi) is 4.52. The van der Waals surface area contributed by atoms with E-state index in [0.29, 0.717) is 41.0 Å². The number of amides is 1. The second kappa shape index (κ2) is 6.76. The summed E-state index contributed by atoms with van der Waals surface area (Å²) in [6, 6.07) is 7.92. The van der Waals surface area contributed by atoms with Crippen LogP contribution in [0, 0.1) is 5.82 Å². The van der Waals surface area contributed by atoms with E-state index in [0.717, 1.165) is 0 Å². The Labute approximate surface area is 138 Å². The molecule has 24 heavy (non-hydrogen) atoms. The number of nitrogens with zero attached hydrogens (tertiary/aromatic N) is 3. The molecular weight excluding hydrogens is 311 g/mol. The molecule has 0 radical (unpaired) electrons. The van der Waals surface area contributed by atoms with Crippen molar-refractivity contribution in [1.82, 2.24) is 20.1 Å². The number of aryl methyl sites for hydroxylation is 1. The van der Waals surface area contributed by atoms with Crippen LogP contribution in [0.25, 0.3) is 22.3 Å². The number of nitrogens with one attached hydrogen (secondary N) is 1. The Morgan fingerprint density at radius 3 is 2.92 bits per heavy atom. The van der Waals surface area contributed by atoms with E-state index in [-0.39, 0.29) is 5.91 Å². The maximum absolute atomic E-state index is 14.1. The van der Waals surface area contributed by atoms with Gasteiger partial charge < -0.3 is 10.1 Å². The zero-order valence-corrected chi connectivity index (χ0v) is 13.4. The average molecular weight is 328 g/mol. The number of methoxy groups -OCH3 is 1. The van der Waals surface area contributed by atoms with Crippen molar-refractivity contribution in [2.24, 2.45) is 7.05 Å². The normalized spacial score (nSPS) is 11.0. The first-order valence-corrected chi connectivity index (χ1v) is 7.46. The third-order valence-corrected chi connectivity index (χ3v) is 3.69. The standard InChI is InChI=1S/C17H17FN4O2/c1-22-16-13(10-20-22)12(17(23)19-7-8-24-2)9-15(21-16)11-5-3-4-6-14(11)18/h3-6,9-10H,7-8H2,1-2H3,(H,19,23). The summed E-state index contributed by atoms with van der Waals surface area (Å²) in [5.74, 6) is -0.665. The Bertz CT molecular complexity index is 891. The smallest absolute Gasteiger partial charge is 0.252 e. The molecule has 6 nitrogen and oxygen atoms in total. The van der Waals surface area contributed by atoms with Crippen LogP contribution in [-0.2, 0) is 11.8 Å². The first-order valence-electron chi connectivity index (χ1n) is 7.46. The fourth-order valence-electron chi connectivity index (χ4n) is 2.47. The number of carbonyl (C=O) groups excluding carboxylic acids is 1.